The van der Waals surface area contributed by atoms with Crippen LogP contribution in [0.3, 0.4) is 0 Å². The molecule has 0 radical (unpaired) electrons. The molecule has 0 amide bonds. The Balaban J connectivity index is 2.14. The number of aromatic nitrogens is 3. The molecule has 0 bridgehead atoms. The molecule has 0 aliphatic rings. The van der Waals surface area contributed by atoms with Gasteiger partial charge in [-0.15, -0.1) is 0 Å². The molecule has 0 aliphatic carbocycles. The summed E-state index contributed by atoms with van der Waals surface area (Å²) >= 11 is 0. The molecule has 3 rings (SSSR count). The summed E-state index contributed by atoms with van der Waals surface area (Å²) in [7, 11) is 0. The summed E-state index contributed by atoms with van der Waals surface area (Å²) in [5, 5.41) is 0. The van der Waals surface area contributed by atoms with Crippen molar-refractivity contribution in [3.63, 3.8) is 0 Å². The van der Waals surface area contributed by atoms with E-state index in [1.807, 2.05) is 18.3 Å². The normalized spacial score (nSPS) is 10.9. The van der Waals surface area contributed by atoms with Crippen LogP contribution in [0.25, 0.3) is 22.4 Å². The Bertz CT molecular complexity index is 641. The second-order valence-corrected chi connectivity index (χ2v) is 4.03. The predicted molar refractivity (Wildman–Crippen MR) is 68.7 cm³/mol. The zero-order valence-electron chi connectivity index (χ0n) is 9.64. The lowest BCUT2D eigenvalue weighted by Gasteiger charge is -1.94. The standard InChI is InChI=1S/C14H13N3/c1-2-10-5-6-12-13(8-10)17-14(16-12)11-4-3-7-15-9-11/h3-9H,2H2,1H3,(H,16,17). The van der Waals surface area contributed by atoms with Crippen LogP contribution in [0, 0.1) is 0 Å². The quantitative estimate of drug-likeness (QED) is 0.725. The number of H-pyrrole nitrogens is 1. The van der Waals surface area contributed by atoms with Crippen LogP contribution in [0.1, 0.15) is 12.5 Å². The molecular weight excluding hydrogens is 210 g/mol. The topological polar surface area (TPSA) is 41.6 Å². The van der Waals surface area contributed by atoms with Gasteiger partial charge in [0.2, 0.25) is 0 Å². The van der Waals surface area contributed by atoms with Crippen LogP contribution in [-0.2, 0) is 6.42 Å². The van der Waals surface area contributed by atoms with Crippen molar-refractivity contribution in [3.05, 3.63) is 48.3 Å². The van der Waals surface area contributed by atoms with Gasteiger partial charge in [0.1, 0.15) is 5.82 Å². The van der Waals surface area contributed by atoms with Gasteiger partial charge >= 0.3 is 0 Å². The summed E-state index contributed by atoms with van der Waals surface area (Å²) in [6.07, 6.45) is 4.62. The first-order valence-electron chi connectivity index (χ1n) is 5.76. The first-order valence-corrected chi connectivity index (χ1v) is 5.76. The number of nitrogens with zero attached hydrogens (tertiary/aromatic N) is 2. The summed E-state index contributed by atoms with van der Waals surface area (Å²) in [4.78, 5) is 12.0. The highest BCUT2D eigenvalue weighted by molar-refractivity contribution is 5.79. The van der Waals surface area contributed by atoms with Crippen LogP contribution in [0.2, 0.25) is 0 Å². The third-order valence-corrected chi connectivity index (χ3v) is 2.89. The van der Waals surface area contributed by atoms with E-state index < -0.39 is 0 Å². The van der Waals surface area contributed by atoms with Gasteiger partial charge in [0.15, 0.2) is 0 Å². The molecule has 0 fully saturated rings. The van der Waals surface area contributed by atoms with Crippen molar-refractivity contribution >= 4 is 11.0 Å². The molecule has 17 heavy (non-hydrogen) atoms. The van der Waals surface area contributed by atoms with Gasteiger partial charge in [0, 0.05) is 18.0 Å². The third kappa shape index (κ3) is 1.80. The minimum absolute atomic E-state index is 0.876. The molecule has 0 unspecified atom stereocenters. The van der Waals surface area contributed by atoms with Crippen LogP contribution in [-0.4, -0.2) is 15.0 Å². The summed E-state index contributed by atoms with van der Waals surface area (Å²) in [5.41, 5.74) is 4.42. The molecule has 84 valence electrons. The maximum atomic E-state index is 4.56. The highest BCUT2D eigenvalue weighted by Crippen LogP contribution is 2.20. The molecule has 3 aromatic rings. The SMILES string of the molecule is CCc1ccc2nc(-c3cccnc3)[nH]c2c1. The second-order valence-electron chi connectivity index (χ2n) is 4.03. The van der Waals surface area contributed by atoms with Crippen LogP contribution < -0.4 is 0 Å². The van der Waals surface area contributed by atoms with Crippen LogP contribution >= 0.6 is 0 Å². The highest BCUT2D eigenvalue weighted by Gasteiger charge is 2.05. The Kier molecular flexibility index (Phi) is 2.37. The highest BCUT2D eigenvalue weighted by atomic mass is 14.9. The maximum Gasteiger partial charge on any atom is 0.140 e. The van der Waals surface area contributed by atoms with E-state index in [0.717, 1.165) is 28.8 Å². The number of rotatable bonds is 2. The minimum Gasteiger partial charge on any atom is -0.338 e. The van der Waals surface area contributed by atoms with Crippen molar-refractivity contribution < 1.29 is 0 Å². The molecule has 0 atom stereocenters. The van der Waals surface area contributed by atoms with Crippen molar-refractivity contribution in [2.75, 3.05) is 0 Å². The molecular formula is C14H13N3. The van der Waals surface area contributed by atoms with E-state index in [2.05, 4.69) is 40.1 Å². The molecule has 0 saturated carbocycles. The third-order valence-electron chi connectivity index (χ3n) is 2.89. The van der Waals surface area contributed by atoms with E-state index in [4.69, 9.17) is 0 Å². The molecule has 0 spiro atoms. The summed E-state index contributed by atoms with van der Waals surface area (Å²) in [5.74, 6) is 0.876. The number of aryl methyl sites for hydroxylation is 1. The first-order chi connectivity index (χ1) is 8.36. The Hall–Kier alpha value is -2.16. The average Bonchev–Trinajstić information content (AvgIpc) is 2.82. The fourth-order valence-corrected chi connectivity index (χ4v) is 1.92. The van der Waals surface area contributed by atoms with Crippen molar-refractivity contribution in [2.24, 2.45) is 0 Å². The lowest BCUT2D eigenvalue weighted by molar-refractivity contribution is 1.14. The molecule has 2 heterocycles. The maximum absolute atomic E-state index is 4.56. The van der Waals surface area contributed by atoms with E-state index in [1.165, 1.54) is 5.56 Å². The summed E-state index contributed by atoms with van der Waals surface area (Å²) < 4.78 is 0. The monoisotopic (exact) mass is 223 g/mol. The van der Waals surface area contributed by atoms with Gasteiger partial charge in [-0.3, -0.25) is 4.98 Å². The predicted octanol–water partition coefficient (Wildman–Crippen LogP) is 3.19. The van der Waals surface area contributed by atoms with Gasteiger partial charge in [-0.05, 0) is 36.2 Å². The molecule has 3 heteroatoms. The van der Waals surface area contributed by atoms with Crippen LogP contribution in [0.4, 0.5) is 0 Å². The zero-order valence-corrected chi connectivity index (χ0v) is 9.64. The van der Waals surface area contributed by atoms with E-state index in [-0.39, 0.29) is 0 Å². The Morgan fingerprint density at radius 2 is 2.18 bits per heavy atom. The number of pyridine rings is 1. The van der Waals surface area contributed by atoms with Crippen molar-refractivity contribution in [2.45, 2.75) is 13.3 Å². The van der Waals surface area contributed by atoms with Gasteiger partial charge < -0.3 is 4.98 Å². The van der Waals surface area contributed by atoms with E-state index in [9.17, 15) is 0 Å². The number of aromatic amines is 1. The lowest BCUT2D eigenvalue weighted by Crippen LogP contribution is -1.80. The van der Waals surface area contributed by atoms with E-state index in [0.29, 0.717) is 0 Å². The Morgan fingerprint density at radius 3 is 2.94 bits per heavy atom. The molecule has 1 N–H and O–H groups in total. The molecule has 0 aliphatic heterocycles. The van der Waals surface area contributed by atoms with Gasteiger partial charge in [0.25, 0.3) is 0 Å². The molecule has 2 aromatic heterocycles. The van der Waals surface area contributed by atoms with Gasteiger partial charge in [0.05, 0.1) is 11.0 Å². The van der Waals surface area contributed by atoms with Crippen molar-refractivity contribution in [1.82, 2.24) is 15.0 Å². The first kappa shape index (κ1) is 10.0. The largest absolute Gasteiger partial charge is 0.338 e. The molecule has 3 nitrogen and oxygen atoms in total. The Morgan fingerprint density at radius 1 is 1.24 bits per heavy atom. The fraction of sp³-hybridized carbons (Fsp3) is 0.143. The van der Waals surface area contributed by atoms with E-state index in [1.54, 1.807) is 6.20 Å². The number of hydrogen-bond acceptors (Lipinski definition) is 2. The summed E-state index contributed by atoms with van der Waals surface area (Å²) in [6, 6.07) is 10.3. The minimum atomic E-state index is 0.876. The lowest BCUT2D eigenvalue weighted by atomic mass is 10.1. The smallest absolute Gasteiger partial charge is 0.140 e. The van der Waals surface area contributed by atoms with Gasteiger partial charge in [-0.1, -0.05) is 13.0 Å². The van der Waals surface area contributed by atoms with E-state index >= 15 is 0 Å². The number of imidazole rings is 1. The summed E-state index contributed by atoms with van der Waals surface area (Å²) in [6.45, 7) is 2.15. The van der Waals surface area contributed by atoms with Crippen LogP contribution in [0.5, 0.6) is 0 Å². The van der Waals surface area contributed by atoms with Crippen LogP contribution in [0.15, 0.2) is 42.7 Å². The number of hydrogen-bond donors (Lipinski definition) is 1. The van der Waals surface area contributed by atoms with Gasteiger partial charge in [-0.25, -0.2) is 4.98 Å². The second kappa shape index (κ2) is 4.01. The number of fused-ring (bicyclic) bond motifs is 1. The number of nitrogens with one attached hydrogen (secondary N) is 1. The van der Waals surface area contributed by atoms with Crippen molar-refractivity contribution in [1.29, 1.82) is 0 Å². The fourth-order valence-electron chi connectivity index (χ4n) is 1.92. The molecule has 0 saturated heterocycles. The average molecular weight is 223 g/mol. The number of benzene rings is 1. The van der Waals surface area contributed by atoms with Gasteiger partial charge in [-0.2, -0.15) is 0 Å². The molecule has 1 aromatic carbocycles. The van der Waals surface area contributed by atoms with Crippen molar-refractivity contribution in [3.8, 4) is 11.4 Å². The Labute approximate surface area is 99.5 Å². The zero-order chi connectivity index (χ0) is 11.7.